The standard InChI is InChI=1S/C28H22BrN3O5/c1-17(2)36-26(33)16-35-24-12-11-18(13-21(24)29)15-30-32-27(25-14-19-7-3-6-10-23(19)37-25)31-22-9-5-4-8-20(22)28(32)34/h3-15,17H,16H2,1-2H3. The highest BCUT2D eigenvalue weighted by molar-refractivity contribution is 9.10. The summed E-state index contributed by atoms with van der Waals surface area (Å²) in [5.74, 6) is 0.748. The fourth-order valence-electron chi connectivity index (χ4n) is 3.75. The third-order valence-electron chi connectivity index (χ3n) is 5.39. The molecule has 37 heavy (non-hydrogen) atoms. The third kappa shape index (κ3) is 5.31. The molecule has 0 amide bonds. The number of hydrogen-bond donors (Lipinski definition) is 0. The van der Waals surface area contributed by atoms with E-state index in [9.17, 15) is 9.59 Å². The molecule has 0 saturated carbocycles. The zero-order valence-corrected chi connectivity index (χ0v) is 21.6. The van der Waals surface area contributed by atoms with E-state index in [4.69, 9.17) is 13.9 Å². The van der Waals surface area contributed by atoms with Crippen LogP contribution in [0.15, 0.2) is 91.6 Å². The van der Waals surface area contributed by atoms with Gasteiger partial charge in [0.2, 0.25) is 5.82 Å². The average Bonchev–Trinajstić information content (AvgIpc) is 3.31. The topological polar surface area (TPSA) is 95.9 Å². The van der Waals surface area contributed by atoms with Gasteiger partial charge < -0.3 is 13.9 Å². The van der Waals surface area contributed by atoms with Crippen LogP contribution < -0.4 is 10.3 Å². The highest BCUT2D eigenvalue weighted by Gasteiger charge is 2.16. The summed E-state index contributed by atoms with van der Waals surface area (Å²) in [6.45, 7) is 3.35. The molecular formula is C28H22BrN3O5. The molecule has 0 radical (unpaired) electrons. The predicted octanol–water partition coefficient (Wildman–Crippen LogP) is 5.78. The predicted molar refractivity (Wildman–Crippen MR) is 145 cm³/mol. The Balaban J connectivity index is 1.49. The van der Waals surface area contributed by atoms with Gasteiger partial charge in [0.25, 0.3) is 5.56 Å². The molecule has 0 atom stereocenters. The van der Waals surface area contributed by atoms with Crippen LogP contribution in [-0.4, -0.2) is 34.6 Å². The van der Waals surface area contributed by atoms with Gasteiger partial charge >= 0.3 is 5.97 Å². The summed E-state index contributed by atoms with van der Waals surface area (Å²) in [6.07, 6.45) is 1.33. The Morgan fingerprint density at radius 2 is 1.89 bits per heavy atom. The van der Waals surface area contributed by atoms with E-state index in [0.29, 0.717) is 43.9 Å². The summed E-state index contributed by atoms with van der Waals surface area (Å²) in [7, 11) is 0. The molecule has 0 fully saturated rings. The number of ether oxygens (including phenoxy) is 2. The smallest absolute Gasteiger partial charge is 0.344 e. The summed E-state index contributed by atoms with van der Waals surface area (Å²) < 4.78 is 18.5. The Labute approximate surface area is 220 Å². The van der Waals surface area contributed by atoms with Gasteiger partial charge in [0.1, 0.15) is 11.3 Å². The lowest BCUT2D eigenvalue weighted by atomic mass is 10.2. The van der Waals surface area contributed by atoms with Crippen molar-refractivity contribution in [3.05, 3.63) is 93.2 Å². The van der Waals surface area contributed by atoms with Gasteiger partial charge in [-0.05, 0) is 77.8 Å². The first-order valence-electron chi connectivity index (χ1n) is 11.6. The van der Waals surface area contributed by atoms with E-state index >= 15 is 0 Å². The molecule has 0 aliphatic heterocycles. The van der Waals surface area contributed by atoms with E-state index in [2.05, 4.69) is 26.0 Å². The Hall–Kier alpha value is -4.24. The van der Waals surface area contributed by atoms with Gasteiger partial charge in [-0.25, -0.2) is 9.78 Å². The van der Waals surface area contributed by atoms with Crippen molar-refractivity contribution < 1.29 is 18.7 Å². The number of esters is 1. The highest BCUT2D eigenvalue weighted by Crippen LogP contribution is 2.28. The van der Waals surface area contributed by atoms with Crippen LogP contribution in [0.2, 0.25) is 0 Å². The van der Waals surface area contributed by atoms with Crippen LogP contribution in [0.3, 0.4) is 0 Å². The molecule has 0 aliphatic rings. The number of carbonyl (C=O) groups is 1. The number of aromatic nitrogens is 2. The minimum Gasteiger partial charge on any atom is -0.481 e. The van der Waals surface area contributed by atoms with E-state index in [0.717, 1.165) is 5.39 Å². The third-order valence-corrected chi connectivity index (χ3v) is 6.01. The van der Waals surface area contributed by atoms with Crippen molar-refractivity contribution in [1.29, 1.82) is 0 Å². The number of fused-ring (bicyclic) bond motifs is 2. The molecular weight excluding hydrogens is 538 g/mol. The molecule has 186 valence electrons. The molecule has 9 heteroatoms. The first kappa shape index (κ1) is 24.5. The maximum Gasteiger partial charge on any atom is 0.344 e. The maximum atomic E-state index is 13.4. The SMILES string of the molecule is CC(C)OC(=O)COc1ccc(C=Nn2c(-c3cc4ccccc4o3)nc3ccccc3c2=O)cc1Br. The molecule has 2 heterocycles. The average molecular weight is 560 g/mol. The van der Waals surface area contributed by atoms with Gasteiger partial charge in [0, 0.05) is 5.39 Å². The van der Waals surface area contributed by atoms with Crippen LogP contribution in [0.1, 0.15) is 19.4 Å². The first-order chi connectivity index (χ1) is 17.9. The maximum absolute atomic E-state index is 13.4. The van der Waals surface area contributed by atoms with Gasteiger partial charge in [0.15, 0.2) is 12.4 Å². The Kier molecular flexibility index (Phi) is 6.87. The summed E-state index contributed by atoms with van der Waals surface area (Å²) in [5, 5.41) is 5.81. The first-order valence-corrected chi connectivity index (χ1v) is 12.4. The number of hydrogen-bond acceptors (Lipinski definition) is 7. The monoisotopic (exact) mass is 559 g/mol. The summed E-state index contributed by atoms with van der Waals surface area (Å²) in [6, 6.07) is 21.8. The molecule has 0 aliphatic carbocycles. The second kappa shape index (κ2) is 10.4. The molecule has 8 nitrogen and oxygen atoms in total. The van der Waals surface area contributed by atoms with Gasteiger partial charge in [-0.3, -0.25) is 4.79 Å². The van der Waals surface area contributed by atoms with Gasteiger partial charge in [-0.15, -0.1) is 0 Å². The minimum absolute atomic E-state index is 0.205. The van der Waals surface area contributed by atoms with Crippen molar-refractivity contribution >= 4 is 50.0 Å². The van der Waals surface area contributed by atoms with Crippen LogP contribution in [-0.2, 0) is 9.53 Å². The van der Waals surface area contributed by atoms with Crippen molar-refractivity contribution in [2.24, 2.45) is 5.10 Å². The Morgan fingerprint density at radius 1 is 1.11 bits per heavy atom. The fraction of sp³-hybridized carbons (Fsp3) is 0.143. The molecule has 5 rings (SSSR count). The van der Waals surface area contributed by atoms with Gasteiger partial charge in [0.05, 0.1) is 27.7 Å². The Morgan fingerprint density at radius 3 is 2.68 bits per heavy atom. The fourth-order valence-corrected chi connectivity index (χ4v) is 4.27. The lowest BCUT2D eigenvalue weighted by molar-refractivity contribution is -0.149. The lowest BCUT2D eigenvalue weighted by Crippen LogP contribution is -2.20. The molecule has 0 unspecified atom stereocenters. The number of para-hydroxylation sites is 2. The van der Waals surface area contributed by atoms with Crippen LogP contribution in [0.25, 0.3) is 33.5 Å². The number of carbonyl (C=O) groups excluding carboxylic acids is 1. The van der Waals surface area contributed by atoms with Crippen LogP contribution >= 0.6 is 15.9 Å². The minimum atomic E-state index is -0.450. The molecule has 2 aromatic heterocycles. The van der Waals surface area contributed by atoms with E-state index < -0.39 is 5.97 Å². The quantitative estimate of drug-likeness (QED) is 0.185. The van der Waals surface area contributed by atoms with Crippen molar-refractivity contribution in [3.8, 4) is 17.3 Å². The normalized spacial score (nSPS) is 11.6. The van der Waals surface area contributed by atoms with Crippen molar-refractivity contribution in [3.63, 3.8) is 0 Å². The van der Waals surface area contributed by atoms with E-state index in [1.54, 1.807) is 56.5 Å². The molecule has 0 saturated heterocycles. The zero-order valence-electron chi connectivity index (χ0n) is 20.1. The van der Waals surface area contributed by atoms with Crippen molar-refractivity contribution in [2.75, 3.05) is 6.61 Å². The second-order valence-electron chi connectivity index (χ2n) is 8.48. The molecule has 0 bridgehead atoms. The van der Waals surface area contributed by atoms with Gasteiger partial charge in [-0.1, -0.05) is 30.3 Å². The van der Waals surface area contributed by atoms with Crippen LogP contribution in [0.5, 0.6) is 5.75 Å². The number of rotatable bonds is 7. The van der Waals surface area contributed by atoms with E-state index in [1.165, 1.54) is 4.68 Å². The number of halogens is 1. The Bertz CT molecular complexity index is 1670. The molecule has 3 aromatic carbocycles. The van der Waals surface area contributed by atoms with Crippen LogP contribution in [0, 0.1) is 0 Å². The summed E-state index contributed by atoms with van der Waals surface area (Å²) in [5.41, 5.74) is 1.61. The summed E-state index contributed by atoms with van der Waals surface area (Å²) in [4.78, 5) is 29.9. The summed E-state index contributed by atoms with van der Waals surface area (Å²) >= 11 is 3.46. The molecule has 5 aromatic rings. The number of benzene rings is 3. The van der Waals surface area contributed by atoms with Crippen molar-refractivity contribution in [1.82, 2.24) is 9.66 Å². The van der Waals surface area contributed by atoms with Crippen molar-refractivity contribution in [2.45, 2.75) is 20.0 Å². The second-order valence-corrected chi connectivity index (χ2v) is 9.33. The largest absolute Gasteiger partial charge is 0.481 e. The molecule has 0 spiro atoms. The van der Waals surface area contributed by atoms with E-state index in [1.807, 2.05) is 36.4 Å². The number of nitrogens with zero attached hydrogens (tertiary/aromatic N) is 3. The number of furan rings is 1. The zero-order chi connectivity index (χ0) is 25.9. The van der Waals surface area contributed by atoms with Gasteiger partial charge in [-0.2, -0.15) is 9.78 Å². The lowest BCUT2D eigenvalue weighted by Gasteiger charge is -2.10. The van der Waals surface area contributed by atoms with E-state index in [-0.39, 0.29) is 18.3 Å². The molecule has 0 N–H and O–H groups in total. The highest BCUT2D eigenvalue weighted by atomic mass is 79.9. The van der Waals surface area contributed by atoms with Crippen LogP contribution in [0.4, 0.5) is 0 Å².